The lowest BCUT2D eigenvalue weighted by Crippen LogP contribution is -2.10. The molecule has 0 spiro atoms. The van der Waals surface area contributed by atoms with E-state index in [4.69, 9.17) is 11.6 Å². The summed E-state index contributed by atoms with van der Waals surface area (Å²) in [5.74, 6) is 0.00958. The molecule has 0 fully saturated rings. The lowest BCUT2D eigenvalue weighted by atomic mass is 10.1. The summed E-state index contributed by atoms with van der Waals surface area (Å²) in [6.45, 7) is 0. The zero-order valence-electron chi connectivity index (χ0n) is 11.7. The highest BCUT2D eigenvalue weighted by Gasteiger charge is 2.34. The fraction of sp³-hybridized carbons (Fsp3) is 0.0588. The van der Waals surface area contributed by atoms with E-state index in [1.165, 1.54) is 0 Å². The van der Waals surface area contributed by atoms with Gasteiger partial charge in [0.25, 0.3) is 0 Å². The predicted molar refractivity (Wildman–Crippen MR) is 82.9 cm³/mol. The van der Waals surface area contributed by atoms with Gasteiger partial charge in [0.15, 0.2) is 5.82 Å². The van der Waals surface area contributed by atoms with Gasteiger partial charge in [-0.1, -0.05) is 60.1 Å². The lowest BCUT2D eigenvalue weighted by molar-refractivity contribution is -0.141. The molecule has 1 aromatic heterocycles. The largest absolute Gasteiger partial charge is 0.433 e. The highest BCUT2D eigenvalue weighted by atomic mass is 35.5. The number of rotatable bonds is 2. The molecule has 0 bridgehead atoms. The molecule has 116 valence electrons. The van der Waals surface area contributed by atoms with E-state index in [-0.39, 0.29) is 11.5 Å². The van der Waals surface area contributed by atoms with Gasteiger partial charge in [0.05, 0.1) is 5.69 Å². The molecule has 3 aromatic rings. The Morgan fingerprint density at radius 2 is 1.48 bits per heavy atom. The van der Waals surface area contributed by atoms with Crippen LogP contribution in [0.15, 0.2) is 60.7 Å². The molecule has 0 saturated heterocycles. The zero-order chi connectivity index (χ0) is 16.4. The van der Waals surface area contributed by atoms with Crippen molar-refractivity contribution in [1.82, 2.24) is 9.97 Å². The highest BCUT2D eigenvalue weighted by Crippen LogP contribution is 2.34. The summed E-state index contributed by atoms with van der Waals surface area (Å²) < 4.78 is 39.5. The third-order valence-electron chi connectivity index (χ3n) is 3.20. The van der Waals surface area contributed by atoms with Crippen LogP contribution in [0.2, 0.25) is 5.02 Å². The van der Waals surface area contributed by atoms with Crippen LogP contribution in [0, 0.1) is 0 Å². The number of benzene rings is 2. The maximum Gasteiger partial charge on any atom is 0.433 e. The molecule has 23 heavy (non-hydrogen) atoms. The molecule has 6 heteroatoms. The molecule has 2 aromatic carbocycles. The molecule has 0 aliphatic carbocycles. The van der Waals surface area contributed by atoms with Crippen molar-refractivity contribution in [3.8, 4) is 22.6 Å². The van der Waals surface area contributed by atoms with Crippen molar-refractivity contribution in [3.63, 3.8) is 0 Å². The van der Waals surface area contributed by atoms with Crippen molar-refractivity contribution in [2.24, 2.45) is 0 Å². The second kappa shape index (κ2) is 6.01. The van der Waals surface area contributed by atoms with Crippen LogP contribution in [0.1, 0.15) is 5.69 Å². The molecule has 0 radical (unpaired) electrons. The first-order valence-electron chi connectivity index (χ1n) is 6.72. The van der Waals surface area contributed by atoms with Crippen LogP contribution in [0.5, 0.6) is 0 Å². The number of alkyl halides is 3. The average Bonchev–Trinajstić information content (AvgIpc) is 2.55. The molecular formula is C17H10ClF3N2. The van der Waals surface area contributed by atoms with Gasteiger partial charge in [-0.15, -0.1) is 0 Å². The summed E-state index contributed by atoms with van der Waals surface area (Å²) in [7, 11) is 0. The molecule has 0 unspecified atom stereocenters. The van der Waals surface area contributed by atoms with E-state index in [0.29, 0.717) is 16.1 Å². The Hall–Kier alpha value is -2.40. The van der Waals surface area contributed by atoms with Crippen LogP contribution in [0.3, 0.4) is 0 Å². The third-order valence-corrected chi connectivity index (χ3v) is 3.53. The van der Waals surface area contributed by atoms with Crippen LogP contribution < -0.4 is 0 Å². The maximum absolute atomic E-state index is 13.2. The molecule has 0 aliphatic heterocycles. The van der Waals surface area contributed by atoms with Gasteiger partial charge in [0.2, 0.25) is 0 Å². The van der Waals surface area contributed by atoms with E-state index in [0.717, 1.165) is 6.07 Å². The first-order valence-corrected chi connectivity index (χ1v) is 7.09. The fourth-order valence-corrected chi connectivity index (χ4v) is 2.35. The van der Waals surface area contributed by atoms with E-state index in [1.807, 2.05) is 0 Å². The minimum absolute atomic E-state index is 0.00958. The van der Waals surface area contributed by atoms with Crippen LogP contribution in [-0.2, 0) is 6.18 Å². The summed E-state index contributed by atoms with van der Waals surface area (Å²) in [4.78, 5) is 7.90. The monoisotopic (exact) mass is 334 g/mol. The molecule has 3 rings (SSSR count). The number of halogens is 4. The molecule has 2 nitrogen and oxygen atoms in total. The van der Waals surface area contributed by atoms with Crippen molar-refractivity contribution in [2.75, 3.05) is 0 Å². The second-order valence-electron chi connectivity index (χ2n) is 4.81. The number of hydrogen-bond donors (Lipinski definition) is 0. The Kier molecular flexibility index (Phi) is 4.05. The summed E-state index contributed by atoms with van der Waals surface area (Å²) >= 11 is 6.08. The van der Waals surface area contributed by atoms with Crippen LogP contribution in [0.25, 0.3) is 22.6 Å². The zero-order valence-corrected chi connectivity index (χ0v) is 12.4. The van der Waals surface area contributed by atoms with E-state index in [1.54, 1.807) is 54.6 Å². The Morgan fingerprint density at radius 1 is 0.826 bits per heavy atom. The first-order chi connectivity index (χ1) is 10.9. The van der Waals surface area contributed by atoms with Crippen molar-refractivity contribution in [3.05, 3.63) is 71.4 Å². The minimum atomic E-state index is -4.57. The van der Waals surface area contributed by atoms with E-state index >= 15 is 0 Å². The maximum atomic E-state index is 13.2. The second-order valence-corrected chi connectivity index (χ2v) is 5.21. The molecule has 1 heterocycles. The minimum Gasteiger partial charge on any atom is -0.228 e. The topological polar surface area (TPSA) is 25.8 Å². The number of nitrogens with zero attached hydrogens (tertiary/aromatic N) is 2. The summed E-state index contributed by atoms with van der Waals surface area (Å²) in [6.07, 6.45) is -4.57. The molecule has 0 N–H and O–H groups in total. The van der Waals surface area contributed by atoms with Crippen LogP contribution >= 0.6 is 11.6 Å². The Bertz CT molecular complexity index is 833. The molecule has 0 aliphatic rings. The van der Waals surface area contributed by atoms with Gasteiger partial charge >= 0.3 is 6.18 Å². The van der Waals surface area contributed by atoms with Gasteiger partial charge in [0, 0.05) is 16.1 Å². The van der Waals surface area contributed by atoms with E-state index in [2.05, 4.69) is 9.97 Å². The van der Waals surface area contributed by atoms with E-state index < -0.39 is 11.9 Å². The highest BCUT2D eigenvalue weighted by molar-refractivity contribution is 6.33. The quantitative estimate of drug-likeness (QED) is 0.620. The summed E-state index contributed by atoms with van der Waals surface area (Å²) in [6, 6.07) is 16.1. The number of hydrogen-bond acceptors (Lipinski definition) is 2. The lowest BCUT2D eigenvalue weighted by Gasteiger charge is -2.11. The van der Waals surface area contributed by atoms with Crippen molar-refractivity contribution >= 4 is 11.6 Å². The van der Waals surface area contributed by atoms with Gasteiger partial charge in [-0.25, -0.2) is 9.97 Å². The number of aromatic nitrogens is 2. The van der Waals surface area contributed by atoms with Gasteiger partial charge in [-0.05, 0) is 12.1 Å². The fourth-order valence-electron chi connectivity index (χ4n) is 2.12. The molecule has 0 amide bonds. The summed E-state index contributed by atoms with van der Waals surface area (Å²) in [5.41, 5.74) is 0.0733. The smallest absolute Gasteiger partial charge is 0.228 e. The van der Waals surface area contributed by atoms with Gasteiger partial charge in [-0.2, -0.15) is 13.2 Å². The molecule has 0 saturated carbocycles. The summed E-state index contributed by atoms with van der Waals surface area (Å²) in [5, 5.41) is 0.332. The molecule has 0 atom stereocenters. The van der Waals surface area contributed by atoms with Crippen LogP contribution in [0.4, 0.5) is 13.2 Å². The Balaban J connectivity index is 2.23. The van der Waals surface area contributed by atoms with E-state index in [9.17, 15) is 13.2 Å². The SMILES string of the molecule is FC(F)(F)c1cc(-c2ccccc2Cl)nc(-c2ccccc2)n1. The van der Waals surface area contributed by atoms with Gasteiger partial charge in [0.1, 0.15) is 5.69 Å². The Labute approximate surface area is 135 Å². The first kappa shape index (κ1) is 15.5. The average molecular weight is 335 g/mol. The van der Waals surface area contributed by atoms with Crippen LogP contribution in [-0.4, -0.2) is 9.97 Å². The van der Waals surface area contributed by atoms with Crippen molar-refractivity contribution in [1.29, 1.82) is 0 Å². The standard InChI is InChI=1S/C17H10ClF3N2/c18-13-9-5-4-8-12(13)14-10-15(17(19,20)21)23-16(22-14)11-6-2-1-3-7-11/h1-10H. The van der Waals surface area contributed by atoms with Gasteiger partial charge < -0.3 is 0 Å². The third kappa shape index (κ3) is 3.35. The normalized spacial score (nSPS) is 11.5. The predicted octanol–water partition coefficient (Wildman–Crippen LogP) is 5.48. The van der Waals surface area contributed by atoms with Gasteiger partial charge in [-0.3, -0.25) is 0 Å². The Morgan fingerprint density at radius 3 is 2.13 bits per heavy atom. The van der Waals surface area contributed by atoms with Crippen molar-refractivity contribution in [2.45, 2.75) is 6.18 Å². The van der Waals surface area contributed by atoms with Crippen molar-refractivity contribution < 1.29 is 13.2 Å². The molecular weight excluding hydrogens is 325 g/mol.